The summed E-state index contributed by atoms with van der Waals surface area (Å²) in [5.41, 5.74) is 4.94. The average Bonchev–Trinajstić information content (AvgIpc) is 2.87. The molecule has 0 aliphatic heterocycles. The Morgan fingerprint density at radius 1 is 0.895 bits per heavy atom. The maximum Gasteiger partial charge on any atom is 0.296 e. The van der Waals surface area contributed by atoms with E-state index in [1.807, 2.05) is 0 Å². The smallest absolute Gasteiger partial charge is 0.296 e. The van der Waals surface area contributed by atoms with Crippen LogP contribution in [0.15, 0.2) is 97.0 Å². The summed E-state index contributed by atoms with van der Waals surface area (Å²) in [5, 5.41) is 36.8. The van der Waals surface area contributed by atoms with Gasteiger partial charge in [-0.05, 0) is 52.9 Å². The number of fused-ring (bicyclic) bond motifs is 1. The van der Waals surface area contributed by atoms with Crippen molar-refractivity contribution in [2.45, 2.75) is 9.79 Å². The number of phenols is 1. The number of non-ortho nitro benzene ring substituents is 1. The molecule has 1 unspecified atom stereocenters. The van der Waals surface area contributed by atoms with E-state index < -0.39 is 58.7 Å². The highest BCUT2D eigenvalue weighted by Crippen LogP contribution is 2.48. The van der Waals surface area contributed by atoms with Crippen molar-refractivity contribution in [1.82, 2.24) is 0 Å². The van der Waals surface area contributed by atoms with Gasteiger partial charge in [-0.3, -0.25) is 18.9 Å². The number of nitro groups is 1. The van der Waals surface area contributed by atoms with Crippen molar-refractivity contribution in [1.29, 1.82) is 0 Å². The Hall–Kier alpha value is -4.64. The first-order valence-corrected chi connectivity index (χ1v) is 12.8. The lowest BCUT2D eigenvalue weighted by atomic mass is 10.1. The minimum Gasteiger partial charge on any atom is -0.768 e. The van der Waals surface area contributed by atoms with E-state index in [9.17, 15) is 37.0 Å². The molecule has 4 N–H and O–H groups in total. The van der Waals surface area contributed by atoms with E-state index in [1.165, 1.54) is 12.1 Å². The molecule has 0 aromatic heterocycles. The van der Waals surface area contributed by atoms with E-state index >= 15 is 0 Å². The Morgan fingerprint density at radius 2 is 1.47 bits per heavy atom. The van der Waals surface area contributed by atoms with Crippen LogP contribution in [0.2, 0.25) is 0 Å². The van der Waals surface area contributed by atoms with Crippen LogP contribution in [0.25, 0.3) is 10.8 Å². The molecule has 0 amide bonds. The van der Waals surface area contributed by atoms with Crippen LogP contribution in [0, 0.1) is 10.1 Å². The van der Waals surface area contributed by atoms with Gasteiger partial charge >= 0.3 is 0 Å². The number of nitrogen functional groups attached to an aromatic ring is 1. The maximum atomic E-state index is 12.1. The van der Waals surface area contributed by atoms with Crippen molar-refractivity contribution in [3.8, 4) is 5.75 Å². The van der Waals surface area contributed by atoms with Gasteiger partial charge in [0.15, 0.2) is 5.75 Å². The van der Waals surface area contributed by atoms with Gasteiger partial charge in [0.25, 0.3) is 15.8 Å². The van der Waals surface area contributed by atoms with E-state index in [0.29, 0.717) is 5.69 Å². The lowest BCUT2D eigenvalue weighted by molar-refractivity contribution is -0.384. The number of hydrogen-bond acceptors (Lipinski definition) is 12. The van der Waals surface area contributed by atoms with Crippen molar-refractivity contribution < 1.29 is 31.8 Å². The van der Waals surface area contributed by atoms with Gasteiger partial charge in [-0.15, -0.1) is 10.2 Å². The fraction of sp³-hybridized carbons (Fsp3) is 0. The Bertz CT molecular complexity index is 1760. The van der Waals surface area contributed by atoms with E-state index in [1.54, 1.807) is 30.3 Å². The van der Waals surface area contributed by atoms with Gasteiger partial charge in [0.2, 0.25) is 0 Å². The van der Waals surface area contributed by atoms with E-state index in [0.717, 1.165) is 24.3 Å². The molecule has 0 bridgehead atoms. The Morgan fingerprint density at radius 3 is 2.03 bits per heavy atom. The summed E-state index contributed by atoms with van der Waals surface area (Å²) in [6.07, 6.45) is 0. The number of rotatable bonds is 7. The number of aromatic hydroxyl groups is 1. The average molecular weight is 556 g/mol. The number of nitrogens with zero attached hydrogens (tertiary/aromatic N) is 5. The molecule has 14 nitrogen and oxygen atoms in total. The molecule has 1 atom stereocenters. The van der Waals surface area contributed by atoms with Crippen LogP contribution in [0.1, 0.15) is 0 Å². The van der Waals surface area contributed by atoms with Crippen LogP contribution in [-0.2, 0) is 21.2 Å². The zero-order valence-corrected chi connectivity index (χ0v) is 20.5. The molecule has 4 aromatic carbocycles. The Balaban J connectivity index is 1.94. The number of nitro benzene ring substituents is 1. The van der Waals surface area contributed by atoms with Crippen LogP contribution in [0.4, 0.5) is 34.1 Å². The molecule has 0 aliphatic carbocycles. The highest BCUT2D eigenvalue weighted by atomic mass is 32.2. The summed E-state index contributed by atoms with van der Waals surface area (Å²) in [6, 6.07) is 14.8. The van der Waals surface area contributed by atoms with Crippen molar-refractivity contribution in [2.75, 3.05) is 5.73 Å². The largest absolute Gasteiger partial charge is 0.768 e. The highest BCUT2D eigenvalue weighted by Gasteiger charge is 2.25. The molecule has 16 heteroatoms. The predicted molar refractivity (Wildman–Crippen MR) is 135 cm³/mol. The Kier molecular flexibility index (Phi) is 7.22. The summed E-state index contributed by atoms with van der Waals surface area (Å²) in [6.45, 7) is 0. The third kappa shape index (κ3) is 5.37. The van der Waals surface area contributed by atoms with Crippen LogP contribution in [0.3, 0.4) is 0 Å². The molecule has 4 aromatic rings. The molecule has 0 aliphatic rings. The molecule has 0 radical (unpaired) electrons. The van der Waals surface area contributed by atoms with Crippen LogP contribution in [0.5, 0.6) is 5.75 Å². The van der Waals surface area contributed by atoms with Gasteiger partial charge in [0.05, 0.1) is 32.3 Å². The van der Waals surface area contributed by atoms with Crippen LogP contribution in [-0.4, -0.2) is 31.8 Å². The number of azo groups is 2. The lowest BCUT2D eigenvalue weighted by Crippen LogP contribution is -2.01. The lowest BCUT2D eigenvalue weighted by Gasteiger charge is -2.16. The maximum absolute atomic E-state index is 12.1. The molecule has 0 heterocycles. The molecule has 0 spiro atoms. The van der Waals surface area contributed by atoms with Gasteiger partial charge < -0.3 is 15.4 Å². The number of anilines is 1. The zero-order valence-electron chi connectivity index (χ0n) is 18.8. The van der Waals surface area contributed by atoms with Crippen molar-refractivity contribution in [3.63, 3.8) is 0 Å². The van der Waals surface area contributed by atoms with Crippen LogP contribution < -0.4 is 5.73 Å². The van der Waals surface area contributed by atoms with Crippen LogP contribution >= 0.6 is 0 Å². The second-order valence-corrected chi connectivity index (χ2v) is 9.83. The number of hydrogen-bond donors (Lipinski definition) is 3. The summed E-state index contributed by atoms with van der Waals surface area (Å²) >= 11 is -2.95. The predicted octanol–water partition coefficient (Wildman–Crippen LogP) is 5.35. The summed E-state index contributed by atoms with van der Waals surface area (Å²) in [4.78, 5) is 8.87. The van der Waals surface area contributed by atoms with Crippen molar-refractivity contribution in [3.05, 3.63) is 76.8 Å². The number of nitrogens with two attached hydrogens (primary N) is 1. The standard InChI is InChI=1S/C22H16N6O8S2/c23-19-18-12(10-16(37(32)33)20(19)26-25-14-6-8-15(9-7-14)28(30)31)11-17(38(34,35)36)21(22(18)29)27-24-13-4-2-1-3-5-13/h1-11,29H,23H2,(H,32,33)(H,34,35,36)/p-1. The number of phenolic OH excluding ortho intramolecular Hbond substituents is 1. The summed E-state index contributed by atoms with van der Waals surface area (Å²) in [7, 11) is -4.96. The Labute approximate surface area is 216 Å². The van der Waals surface area contributed by atoms with Gasteiger partial charge in [-0.2, -0.15) is 18.6 Å². The van der Waals surface area contributed by atoms with Gasteiger partial charge in [-0.1, -0.05) is 18.2 Å². The third-order valence-corrected chi connectivity index (χ3v) is 6.66. The van der Waals surface area contributed by atoms with Crippen molar-refractivity contribution in [2.24, 2.45) is 20.5 Å². The minimum absolute atomic E-state index is 0.126. The molecular formula is C22H15N6O8S2-. The zero-order chi connectivity index (χ0) is 27.6. The molecular weight excluding hydrogens is 540 g/mol. The highest BCUT2D eigenvalue weighted by molar-refractivity contribution is 7.86. The fourth-order valence-corrected chi connectivity index (χ4v) is 4.58. The third-order valence-electron chi connectivity index (χ3n) is 5.12. The quantitative estimate of drug-likeness (QED) is 0.0664. The summed E-state index contributed by atoms with van der Waals surface area (Å²) in [5.74, 6) is -0.817. The second-order valence-electron chi connectivity index (χ2n) is 7.53. The van der Waals surface area contributed by atoms with Gasteiger partial charge in [0, 0.05) is 12.1 Å². The molecule has 4 rings (SSSR count). The monoisotopic (exact) mass is 555 g/mol. The summed E-state index contributed by atoms with van der Waals surface area (Å²) < 4.78 is 57.8. The van der Waals surface area contributed by atoms with Crippen molar-refractivity contribution >= 4 is 66.1 Å². The SMILES string of the molecule is Nc1c(N=Nc2ccc([N+](=O)[O-])cc2)c(S(=O)[O-])cc2cc(S(=O)(=O)O)c(N=Nc3ccccc3)c(O)c12. The molecule has 0 saturated carbocycles. The minimum atomic E-state index is -4.96. The molecule has 0 fully saturated rings. The first-order valence-electron chi connectivity index (χ1n) is 10.3. The van der Waals surface area contributed by atoms with Gasteiger partial charge in [0.1, 0.15) is 16.3 Å². The fourth-order valence-electron chi connectivity index (χ4n) is 3.39. The van der Waals surface area contributed by atoms with Gasteiger partial charge in [-0.25, -0.2) is 0 Å². The van der Waals surface area contributed by atoms with E-state index in [-0.39, 0.29) is 22.1 Å². The second kappa shape index (κ2) is 10.4. The molecule has 0 saturated heterocycles. The topological polar surface area (TPSA) is 233 Å². The number of benzene rings is 4. The molecule has 38 heavy (non-hydrogen) atoms. The molecule has 194 valence electrons. The van der Waals surface area contributed by atoms with E-state index in [2.05, 4.69) is 20.5 Å². The normalized spacial score (nSPS) is 12.9. The van der Waals surface area contributed by atoms with E-state index in [4.69, 9.17) is 5.73 Å². The first kappa shape index (κ1) is 26.4. The first-order chi connectivity index (χ1) is 18.0.